The fourth-order valence-electron chi connectivity index (χ4n) is 3.64. The van der Waals surface area contributed by atoms with Gasteiger partial charge in [-0.1, -0.05) is 6.07 Å². The van der Waals surface area contributed by atoms with Crippen LogP contribution >= 0.6 is 11.3 Å². The Morgan fingerprint density at radius 1 is 1.42 bits per heavy atom. The summed E-state index contributed by atoms with van der Waals surface area (Å²) in [6, 6.07) is 4.00. The zero-order valence-corrected chi connectivity index (χ0v) is 15.1. The Balaban J connectivity index is 1.48. The first-order valence-corrected chi connectivity index (χ1v) is 9.86. The lowest BCUT2D eigenvalue weighted by atomic mass is 9.96. The summed E-state index contributed by atoms with van der Waals surface area (Å²) in [7, 11) is 0. The van der Waals surface area contributed by atoms with Crippen molar-refractivity contribution >= 4 is 23.2 Å². The van der Waals surface area contributed by atoms with Crippen molar-refractivity contribution in [1.82, 2.24) is 15.5 Å². The summed E-state index contributed by atoms with van der Waals surface area (Å²) in [6.07, 6.45) is 4.10. The van der Waals surface area contributed by atoms with E-state index in [1.54, 1.807) is 11.3 Å². The Morgan fingerprint density at radius 3 is 3.00 bits per heavy atom. The van der Waals surface area contributed by atoms with Crippen molar-refractivity contribution in [2.24, 2.45) is 5.92 Å². The van der Waals surface area contributed by atoms with Gasteiger partial charge in [-0.25, -0.2) is 0 Å². The number of carbonyl (C=O) groups is 2. The lowest BCUT2D eigenvalue weighted by Crippen LogP contribution is -2.47. The number of likely N-dealkylation sites (tertiary alicyclic amines) is 1. The first-order valence-electron chi connectivity index (χ1n) is 8.98. The van der Waals surface area contributed by atoms with E-state index in [1.165, 1.54) is 0 Å². The van der Waals surface area contributed by atoms with Crippen LogP contribution in [0.1, 0.15) is 43.4 Å². The van der Waals surface area contributed by atoms with E-state index in [2.05, 4.69) is 10.6 Å². The molecule has 2 aliphatic heterocycles. The van der Waals surface area contributed by atoms with Crippen molar-refractivity contribution in [2.75, 3.05) is 26.2 Å². The quantitative estimate of drug-likeness (QED) is 0.854. The highest BCUT2D eigenvalue weighted by atomic mass is 32.1. The Hall–Kier alpha value is -1.40. The molecule has 132 valence electrons. The van der Waals surface area contributed by atoms with Gasteiger partial charge in [0.2, 0.25) is 11.8 Å². The summed E-state index contributed by atoms with van der Waals surface area (Å²) in [5.41, 5.74) is 0. The smallest absolute Gasteiger partial charge is 0.237 e. The van der Waals surface area contributed by atoms with Crippen molar-refractivity contribution in [3.05, 3.63) is 22.4 Å². The molecule has 0 radical (unpaired) electrons. The molecule has 3 heterocycles. The number of rotatable bonds is 5. The second-order valence-corrected chi connectivity index (χ2v) is 7.90. The molecular weight excluding hydrogens is 322 g/mol. The molecule has 3 atom stereocenters. The summed E-state index contributed by atoms with van der Waals surface area (Å²) in [5, 5.41) is 8.32. The molecule has 0 aliphatic carbocycles. The number of hydrogen-bond donors (Lipinski definition) is 2. The zero-order chi connectivity index (χ0) is 16.9. The van der Waals surface area contributed by atoms with E-state index in [-0.39, 0.29) is 23.8 Å². The average molecular weight is 350 g/mol. The van der Waals surface area contributed by atoms with Gasteiger partial charge in [0, 0.05) is 24.5 Å². The number of hydrogen-bond acceptors (Lipinski definition) is 4. The largest absolute Gasteiger partial charge is 0.354 e. The maximum atomic E-state index is 12.7. The molecule has 0 saturated carbocycles. The molecule has 2 saturated heterocycles. The number of nitrogens with zero attached hydrogens (tertiary/aromatic N) is 1. The highest BCUT2D eigenvalue weighted by molar-refractivity contribution is 7.10. The maximum Gasteiger partial charge on any atom is 0.237 e. The first kappa shape index (κ1) is 17.4. The molecule has 2 N–H and O–H groups in total. The monoisotopic (exact) mass is 349 g/mol. The Kier molecular flexibility index (Phi) is 5.89. The van der Waals surface area contributed by atoms with Gasteiger partial charge in [-0.05, 0) is 56.5 Å². The standard InChI is InChI=1S/C18H27N3O2S/c1-13(16-7-4-10-24-16)18(23)21-9-3-5-14(12-21)11-20-17(22)15-6-2-8-19-15/h4,7,10,13-15,19H,2-3,5-6,8-9,11-12H2,1H3,(H,20,22)/t13-,14-,15-/m0/s1. The van der Waals surface area contributed by atoms with Crippen molar-refractivity contribution < 1.29 is 9.59 Å². The number of piperidine rings is 1. The molecule has 3 rings (SSSR count). The van der Waals surface area contributed by atoms with Gasteiger partial charge in [-0.15, -0.1) is 11.3 Å². The second kappa shape index (κ2) is 8.12. The SMILES string of the molecule is C[C@H](C(=O)N1CCC[C@@H](CNC(=O)[C@@H]2CCCN2)C1)c1cccs1. The molecule has 0 aromatic carbocycles. The summed E-state index contributed by atoms with van der Waals surface area (Å²) in [6.45, 7) is 5.19. The van der Waals surface area contributed by atoms with E-state index >= 15 is 0 Å². The molecular formula is C18H27N3O2S. The van der Waals surface area contributed by atoms with Gasteiger partial charge in [-0.2, -0.15) is 0 Å². The van der Waals surface area contributed by atoms with Crippen molar-refractivity contribution in [2.45, 2.75) is 44.6 Å². The molecule has 1 aromatic heterocycles. The summed E-state index contributed by atoms with van der Waals surface area (Å²) in [4.78, 5) is 28.0. The molecule has 0 bridgehead atoms. The first-order chi connectivity index (χ1) is 11.6. The molecule has 5 nitrogen and oxygen atoms in total. The minimum atomic E-state index is -0.0685. The lowest BCUT2D eigenvalue weighted by Gasteiger charge is -2.34. The van der Waals surface area contributed by atoms with Crippen LogP contribution in [-0.4, -0.2) is 48.9 Å². The second-order valence-electron chi connectivity index (χ2n) is 6.92. The molecule has 1 aromatic rings. The van der Waals surface area contributed by atoms with Crippen molar-refractivity contribution in [1.29, 1.82) is 0 Å². The highest BCUT2D eigenvalue weighted by Crippen LogP contribution is 2.25. The number of nitrogens with one attached hydrogen (secondary N) is 2. The topological polar surface area (TPSA) is 61.4 Å². The van der Waals surface area contributed by atoms with E-state index in [0.29, 0.717) is 12.5 Å². The van der Waals surface area contributed by atoms with E-state index in [4.69, 9.17) is 0 Å². The van der Waals surface area contributed by atoms with Crippen LogP contribution < -0.4 is 10.6 Å². The number of amides is 2. The molecule has 2 aliphatic rings. The minimum Gasteiger partial charge on any atom is -0.354 e. The van der Waals surface area contributed by atoms with E-state index < -0.39 is 0 Å². The minimum absolute atomic E-state index is 0.0230. The van der Waals surface area contributed by atoms with Gasteiger partial charge < -0.3 is 15.5 Å². The molecule has 0 unspecified atom stereocenters. The Labute approximate surface area is 147 Å². The highest BCUT2D eigenvalue weighted by Gasteiger charge is 2.29. The van der Waals surface area contributed by atoms with Gasteiger partial charge in [0.25, 0.3) is 0 Å². The van der Waals surface area contributed by atoms with Gasteiger partial charge >= 0.3 is 0 Å². The molecule has 2 fully saturated rings. The van der Waals surface area contributed by atoms with Crippen molar-refractivity contribution in [3.63, 3.8) is 0 Å². The van der Waals surface area contributed by atoms with Crippen LogP contribution in [0, 0.1) is 5.92 Å². The predicted octanol–water partition coefficient (Wildman–Crippen LogP) is 1.96. The predicted molar refractivity (Wildman–Crippen MR) is 96.1 cm³/mol. The molecule has 6 heteroatoms. The third-order valence-electron chi connectivity index (χ3n) is 5.11. The van der Waals surface area contributed by atoms with Crippen LogP contribution in [0.2, 0.25) is 0 Å². The normalized spacial score (nSPS) is 25.5. The summed E-state index contributed by atoms with van der Waals surface area (Å²) in [5.74, 6) is 0.624. The van der Waals surface area contributed by atoms with Crippen molar-refractivity contribution in [3.8, 4) is 0 Å². The van der Waals surface area contributed by atoms with Crippen LogP contribution in [0.5, 0.6) is 0 Å². The Bertz CT molecular complexity index is 555. The third kappa shape index (κ3) is 4.16. The van der Waals surface area contributed by atoms with Crippen LogP contribution in [0.3, 0.4) is 0 Å². The van der Waals surface area contributed by atoms with Crippen LogP contribution in [0.25, 0.3) is 0 Å². The Morgan fingerprint density at radius 2 is 2.29 bits per heavy atom. The molecule has 24 heavy (non-hydrogen) atoms. The molecule has 0 spiro atoms. The lowest BCUT2D eigenvalue weighted by molar-refractivity contribution is -0.134. The zero-order valence-electron chi connectivity index (χ0n) is 14.3. The number of thiophene rings is 1. The third-order valence-corrected chi connectivity index (χ3v) is 6.17. The van der Waals surface area contributed by atoms with Gasteiger partial charge in [-0.3, -0.25) is 9.59 Å². The van der Waals surface area contributed by atoms with Crippen LogP contribution in [0.4, 0.5) is 0 Å². The van der Waals surface area contributed by atoms with E-state index in [1.807, 2.05) is 29.3 Å². The number of carbonyl (C=O) groups excluding carboxylic acids is 2. The van der Waals surface area contributed by atoms with Gasteiger partial charge in [0.05, 0.1) is 12.0 Å². The van der Waals surface area contributed by atoms with Gasteiger partial charge in [0.1, 0.15) is 0 Å². The summed E-state index contributed by atoms with van der Waals surface area (Å²) >= 11 is 1.64. The van der Waals surface area contributed by atoms with Crippen LogP contribution in [-0.2, 0) is 9.59 Å². The molecule has 2 amide bonds. The maximum absolute atomic E-state index is 12.7. The van der Waals surface area contributed by atoms with E-state index in [9.17, 15) is 9.59 Å². The van der Waals surface area contributed by atoms with E-state index in [0.717, 1.165) is 50.2 Å². The fourth-order valence-corrected chi connectivity index (χ4v) is 4.42. The summed E-state index contributed by atoms with van der Waals surface area (Å²) < 4.78 is 0. The fraction of sp³-hybridized carbons (Fsp3) is 0.667. The van der Waals surface area contributed by atoms with Gasteiger partial charge in [0.15, 0.2) is 0 Å². The average Bonchev–Trinajstić information content (AvgIpc) is 3.32. The van der Waals surface area contributed by atoms with Crippen LogP contribution in [0.15, 0.2) is 17.5 Å².